The molecule has 25 heavy (non-hydrogen) atoms. The number of aryl methyl sites for hydroxylation is 1. The molecule has 0 aliphatic rings. The molecule has 0 atom stereocenters. The van der Waals surface area contributed by atoms with Gasteiger partial charge < -0.3 is 13.7 Å². The number of hydrogen-bond donors (Lipinski definition) is 0. The monoisotopic (exact) mass is 401 g/mol. The summed E-state index contributed by atoms with van der Waals surface area (Å²) in [5, 5.41) is 0. The van der Waals surface area contributed by atoms with E-state index in [9.17, 15) is 9.59 Å². The normalized spacial score (nSPS) is 10.7. The molecule has 6 heteroatoms. The van der Waals surface area contributed by atoms with Crippen molar-refractivity contribution in [3.8, 4) is 5.69 Å². The molecule has 2 heterocycles. The van der Waals surface area contributed by atoms with Crippen molar-refractivity contribution in [3.05, 3.63) is 75.9 Å². The van der Waals surface area contributed by atoms with Crippen molar-refractivity contribution in [2.75, 3.05) is 6.61 Å². The Hall–Kier alpha value is -2.60. The molecule has 0 saturated heterocycles. The molecule has 0 aliphatic carbocycles. The van der Waals surface area contributed by atoms with Gasteiger partial charge in [0, 0.05) is 27.1 Å². The Bertz CT molecular complexity index is 908. The molecule has 0 radical (unpaired) electrons. The number of benzene rings is 1. The van der Waals surface area contributed by atoms with E-state index in [0.29, 0.717) is 5.56 Å². The predicted molar refractivity (Wildman–Crippen MR) is 96.3 cm³/mol. The Morgan fingerprint density at radius 2 is 1.88 bits per heavy atom. The number of ether oxygens (including phenoxy) is 1. The maximum absolute atomic E-state index is 12.5. The molecule has 5 nitrogen and oxygen atoms in total. The molecule has 0 spiro atoms. The first-order valence-corrected chi connectivity index (χ1v) is 8.45. The Kier molecular flexibility index (Phi) is 4.90. The van der Waals surface area contributed by atoms with E-state index < -0.39 is 5.97 Å². The second-order valence-electron chi connectivity index (χ2n) is 5.57. The highest BCUT2D eigenvalue weighted by molar-refractivity contribution is 9.10. The van der Waals surface area contributed by atoms with Crippen molar-refractivity contribution < 1.29 is 18.7 Å². The van der Waals surface area contributed by atoms with Crippen molar-refractivity contribution in [1.29, 1.82) is 0 Å². The van der Waals surface area contributed by atoms with Gasteiger partial charge in [0.15, 0.2) is 6.61 Å². The molecule has 3 aromatic rings. The van der Waals surface area contributed by atoms with Gasteiger partial charge in [-0.25, -0.2) is 4.79 Å². The van der Waals surface area contributed by atoms with E-state index in [1.807, 2.05) is 42.7 Å². The number of carbonyl (C=O) groups excluding carboxylic acids is 2. The number of carbonyl (C=O) groups is 2. The van der Waals surface area contributed by atoms with Crippen LogP contribution < -0.4 is 0 Å². The van der Waals surface area contributed by atoms with Gasteiger partial charge >= 0.3 is 5.97 Å². The molecule has 0 amide bonds. The lowest BCUT2D eigenvalue weighted by atomic mass is 10.1. The summed E-state index contributed by atoms with van der Waals surface area (Å²) in [5.41, 5.74) is 3.23. The lowest BCUT2D eigenvalue weighted by Crippen LogP contribution is -2.14. The predicted octanol–water partition coefficient (Wildman–Crippen LogP) is 4.49. The molecule has 0 N–H and O–H groups in total. The van der Waals surface area contributed by atoms with Gasteiger partial charge in [-0.3, -0.25) is 4.79 Å². The third-order valence-corrected chi connectivity index (χ3v) is 4.40. The highest BCUT2D eigenvalue weighted by Gasteiger charge is 2.19. The maximum atomic E-state index is 12.5. The largest absolute Gasteiger partial charge is 0.457 e. The summed E-state index contributed by atoms with van der Waals surface area (Å²) >= 11 is 3.41. The first kappa shape index (κ1) is 17.2. The molecule has 1 aromatic carbocycles. The van der Waals surface area contributed by atoms with Crippen LogP contribution in [0.5, 0.6) is 0 Å². The van der Waals surface area contributed by atoms with Crippen LogP contribution in [0.25, 0.3) is 5.69 Å². The molecule has 0 fully saturated rings. The average Bonchev–Trinajstić information content (AvgIpc) is 3.22. The summed E-state index contributed by atoms with van der Waals surface area (Å²) in [4.78, 5) is 24.2. The molecule has 0 bridgehead atoms. The van der Waals surface area contributed by atoms with Crippen molar-refractivity contribution in [2.45, 2.75) is 13.8 Å². The van der Waals surface area contributed by atoms with Crippen LogP contribution >= 0.6 is 15.9 Å². The van der Waals surface area contributed by atoms with Crippen LogP contribution in [0.3, 0.4) is 0 Å². The highest BCUT2D eigenvalue weighted by Crippen LogP contribution is 2.23. The molecule has 0 saturated carbocycles. The number of nitrogens with zero attached hydrogens (tertiary/aromatic N) is 1. The van der Waals surface area contributed by atoms with Crippen LogP contribution in [-0.2, 0) is 4.74 Å². The minimum Gasteiger partial charge on any atom is -0.457 e. The minimum absolute atomic E-state index is 0.0770. The van der Waals surface area contributed by atoms with Gasteiger partial charge in [0.2, 0.25) is 11.5 Å². The summed E-state index contributed by atoms with van der Waals surface area (Å²) < 4.78 is 13.0. The summed E-state index contributed by atoms with van der Waals surface area (Å²) in [5.74, 6) is -0.829. The molecule has 2 aromatic heterocycles. The smallest absolute Gasteiger partial charge is 0.374 e. The number of furan rings is 1. The molecule has 3 rings (SSSR count). The number of esters is 1. The molecule has 0 aliphatic heterocycles. The van der Waals surface area contributed by atoms with E-state index in [2.05, 4.69) is 15.9 Å². The van der Waals surface area contributed by atoms with Crippen LogP contribution in [0.2, 0.25) is 0 Å². The molecular formula is C19H16BrNO4. The Labute approximate surface area is 153 Å². The van der Waals surface area contributed by atoms with Gasteiger partial charge in [-0.05, 0) is 56.3 Å². The Morgan fingerprint density at radius 1 is 1.16 bits per heavy atom. The minimum atomic E-state index is -0.653. The fourth-order valence-electron chi connectivity index (χ4n) is 2.71. The summed E-state index contributed by atoms with van der Waals surface area (Å²) in [6, 6.07) is 12.7. The van der Waals surface area contributed by atoms with E-state index in [1.165, 1.54) is 12.3 Å². The fourth-order valence-corrected chi connectivity index (χ4v) is 2.97. The van der Waals surface area contributed by atoms with Crippen LogP contribution in [0.15, 0.2) is 57.6 Å². The molecular weight excluding hydrogens is 386 g/mol. The van der Waals surface area contributed by atoms with Crippen molar-refractivity contribution in [1.82, 2.24) is 4.57 Å². The van der Waals surface area contributed by atoms with Crippen molar-refractivity contribution in [2.24, 2.45) is 0 Å². The molecule has 128 valence electrons. The summed E-state index contributed by atoms with van der Waals surface area (Å²) in [7, 11) is 0. The molecule has 0 unspecified atom stereocenters. The topological polar surface area (TPSA) is 61.4 Å². The van der Waals surface area contributed by atoms with E-state index in [-0.39, 0.29) is 18.2 Å². The number of rotatable bonds is 5. The number of Topliss-reactive ketones (excluding diaryl/α,β-unsaturated/α-hetero) is 1. The zero-order valence-electron chi connectivity index (χ0n) is 13.8. The third kappa shape index (κ3) is 3.58. The lowest BCUT2D eigenvalue weighted by molar-refractivity contribution is 0.0444. The SMILES string of the molecule is Cc1cc(C(=O)COC(=O)c2ccco2)c(C)n1-c1ccc(Br)cc1. The number of halogens is 1. The first-order chi connectivity index (χ1) is 12.0. The number of aromatic nitrogens is 1. The van der Waals surface area contributed by atoms with Crippen LogP contribution in [0, 0.1) is 13.8 Å². The second-order valence-corrected chi connectivity index (χ2v) is 6.49. The second kappa shape index (κ2) is 7.11. The lowest BCUT2D eigenvalue weighted by Gasteiger charge is -2.10. The third-order valence-electron chi connectivity index (χ3n) is 3.87. The zero-order chi connectivity index (χ0) is 18.0. The van der Waals surface area contributed by atoms with Crippen LogP contribution in [-0.4, -0.2) is 22.9 Å². The van der Waals surface area contributed by atoms with Gasteiger partial charge in [0.25, 0.3) is 0 Å². The maximum Gasteiger partial charge on any atom is 0.374 e. The Balaban J connectivity index is 1.78. The zero-order valence-corrected chi connectivity index (χ0v) is 15.4. The van der Waals surface area contributed by atoms with E-state index >= 15 is 0 Å². The van der Waals surface area contributed by atoms with E-state index in [4.69, 9.17) is 9.15 Å². The quantitative estimate of drug-likeness (QED) is 0.466. The van der Waals surface area contributed by atoms with Crippen LogP contribution in [0.4, 0.5) is 0 Å². The van der Waals surface area contributed by atoms with Gasteiger partial charge in [0.1, 0.15) is 0 Å². The average molecular weight is 402 g/mol. The fraction of sp³-hybridized carbons (Fsp3) is 0.158. The van der Waals surface area contributed by atoms with Gasteiger partial charge in [0.05, 0.1) is 6.26 Å². The number of ketones is 1. The number of hydrogen-bond acceptors (Lipinski definition) is 4. The standard InChI is InChI=1S/C19H16BrNO4/c1-12-10-16(13(2)21(12)15-7-5-14(20)6-8-15)17(22)11-25-19(23)18-4-3-9-24-18/h3-10H,11H2,1-2H3. The van der Waals surface area contributed by atoms with Gasteiger partial charge in [-0.15, -0.1) is 0 Å². The first-order valence-electron chi connectivity index (χ1n) is 7.66. The Morgan fingerprint density at radius 3 is 2.52 bits per heavy atom. The van der Waals surface area contributed by atoms with Crippen LogP contribution in [0.1, 0.15) is 32.3 Å². The van der Waals surface area contributed by atoms with Gasteiger partial charge in [-0.1, -0.05) is 15.9 Å². The van der Waals surface area contributed by atoms with E-state index in [0.717, 1.165) is 21.5 Å². The van der Waals surface area contributed by atoms with Gasteiger partial charge in [-0.2, -0.15) is 0 Å². The van der Waals surface area contributed by atoms with E-state index in [1.54, 1.807) is 12.1 Å². The summed E-state index contributed by atoms with van der Waals surface area (Å²) in [6.45, 7) is 3.47. The van der Waals surface area contributed by atoms with Crippen molar-refractivity contribution in [3.63, 3.8) is 0 Å². The summed E-state index contributed by atoms with van der Waals surface area (Å²) in [6.07, 6.45) is 1.38. The highest BCUT2D eigenvalue weighted by atomic mass is 79.9. The van der Waals surface area contributed by atoms with Crippen molar-refractivity contribution >= 4 is 27.7 Å².